The third-order valence-corrected chi connectivity index (χ3v) is 1.43. The lowest BCUT2D eigenvalue weighted by atomic mass is 10.3. The highest BCUT2D eigenvalue weighted by molar-refractivity contribution is 5.45. The van der Waals surface area contributed by atoms with Crippen LogP contribution in [-0.4, -0.2) is 11.7 Å². The second kappa shape index (κ2) is 4.57. The molecule has 0 aromatic carbocycles. The Morgan fingerprint density at radius 3 is 3.08 bits per heavy atom. The number of allylic oxidation sites excluding steroid dienone is 2. The number of hydrogen-bond donors (Lipinski definition) is 1. The molecule has 0 saturated carbocycles. The van der Waals surface area contributed by atoms with Crippen LogP contribution in [0.4, 0.5) is 0 Å². The van der Waals surface area contributed by atoms with Crippen LogP contribution in [0.25, 0.3) is 6.08 Å². The average molecular weight is 164 g/mol. The molecule has 1 heterocycles. The molecule has 0 fully saturated rings. The quantitative estimate of drug-likeness (QED) is 0.695. The van der Waals surface area contributed by atoms with Gasteiger partial charge in [0.1, 0.15) is 5.76 Å². The highest BCUT2D eigenvalue weighted by Gasteiger charge is 1.85. The summed E-state index contributed by atoms with van der Waals surface area (Å²) in [6, 6.07) is 3.71. The molecule has 0 radical (unpaired) electrons. The molecule has 0 amide bonds. The maximum Gasteiger partial charge on any atom is 0.126 e. The van der Waals surface area contributed by atoms with Crippen molar-refractivity contribution in [3.05, 3.63) is 41.9 Å². The van der Waals surface area contributed by atoms with Crippen molar-refractivity contribution in [2.24, 2.45) is 0 Å². The average Bonchev–Trinajstić information content (AvgIpc) is 2.57. The molecule has 0 atom stereocenters. The van der Waals surface area contributed by atoms with E-state index in [4.69, 9.17) is 9.52 Å². The molecule has 0 aliphatic rings. The Balaban J connectivity index is 2.52. The second-order valence-corrected chi connectivity index (χ2v) is 2.55. The summed E-state index contributed by atoms with van der Waals surface area (Å²) in [7, 11) is 0. The van der Waals surface area contributed by atoms with E-state index in [-0.39, 0.29) is 6.61 Å². The lowest BCUT2D eigenvalue weighted by Crippen LogP contribution is -1.80. The van der Waals surface area contributed by atoms with Crippen LogP contribution >= 0.6 is 0 Å². The number of aliphatic hydroxyl groups excluding tert-OH is 1. The van der Waals surface area contributed by atoms with Crippen molar-refractivity contribution >= 4 is 6.08 Å². The lowest BCUT2D eigenvalue weighted by molar-refractivity contribution is 0.331. The Hall–Kier alpha value is -1.28. The van der Waals surface area contributed by atoms with E-state index in [2.05, 4.69) is 0 Å². The van der Waals surface area contributed by atoms with Gasteiger partial charge in [0.15, 0.2) is 0 Å². The van der Waals surface area contributed by atoms with Gasteiger partial charge in [-0.3, -0.25) is 0 Å². The number of rotatable bonds is 3. The van der Waals surface area contributed by atoms with Gasteiger partial charge in [0.2, 0.25) is 0 Å². The lowest BCUT2D eigenvalue weighted by Gasteiger charge is -1.88. The van der Waals surface area contributed by atoms with Gasteiger partial charge in [-0.1, -0.05) is 12.2 Å². The van der Waals surface area contributed by atoms with Crippen LogP contribution in [0.15, 0.2) is 40.5 Å². The topological polar surface area (TPSA) is 33.4 Å². The smallest absolute Gasteiger partial charge is 0.126 e. The molecule has 1 aromatic heterocycles. The summed E-state index contributed by atoms with van der Waals surface area (Å²) < 4.78 is 5.07. The van der Waals surface area contributed by atoms with Gasteiger partial charge in [-0.25, -0.2) is 0 Å². The molecule has 0 aliphatic heterocycles. The summed E-state index contributed by atoms with van der Waals surface area (Å²) in [4.78, 5) is 0. The molecule has 64 valence electrons. The van der Waals surface area contributed by atoms with Crippen molar-refractivity contribution in [1.29, 1.82) is 0 Å². The molecule has 1 N–H and O–H groups in total. The van der Waals surface area contributed by atoms with Gasteiger partial charge in [-0.2, -0.15) is 0 Å². The van der Waals surface area contributed by atoms with Crippen LogP contribution < -0.4 is 0 Å². The van der Waals surface area contributed by atoms with E-state index in [0.29, 0.717) is 0 Å². The van der Waals surface area contributed by atoms with E-state index in [0.717, 1.165) is 11.3 Å². The Kier molecular flexibility index (Phi) is 3.35. The summed E-state index contributed by atoms with van der Waals surface area (Å²) in [6.45, 7) is 1.97. The van der Waals surface area contributed by atoms with Gasteiger partial charge in [-0.15, -0.1) is 0 Å². The molecule has 12 heavy (non-hydrogen) atoms. The minimum atomic E-state index is 0.0997. The fraction of sp³-hybridized carbons (Fsp3) is 0.200. The predicted molar refractivity (Wildman–Crippen MR) is 48.6 cm³/mol. The molecular formula is C10H12O2. The minimum Gasteiger partial charge on any atom is -0.465 e. The van der Waals surface area contributed by atoms with Crippen LogP contribution in [0.1, 0.15) is 12.7 Å². The Labute approximate surface area is 71.8 Å². The van der Waals surface area contributed by atoms with Crippen molar-refractivity contribution in [3.63, 3.8) is 0 Å². The van der Waals surface area contributed by atoms with Crippen LogP contribution in [0.3, 0.4) is 0 Å². The Bertz CT molecular complexity index is 268. The van der Waals surface area contributed by atoms with Crippen LogP contribution in [0.2, 0.25) is 0 Å². The molecule has 0 unspecified atom stereocenters. The summed E-state index contributed by atoms with van der Waals surface area (Å²) >= 11 is 0. The largest absolute Gasteiger partial charge is 0.465 e. The third kappa shape index (κ3) is 2.76. The van der Waals surface area contributed by atoms with Crippen molar-refractivity contribution < 1.29 is 9.52 Å². The normalized spacial score (nSPS) is 12.7. The maximum absolute atomic E-state index is 8.67. The maximum atomic E-state index is 8.67. The first-order valence-electron chi connectivity index (χ1n) is 3.81. The fourth-order valence-electron chi connectivity index (χ4n) is 0.746. The molecular weight excluding hydrogens is 152 g/mol. The van der Waals surface area contributed by atoms with Gasteiger partial charge in [0, 0.05) is 0 Å². The summed E-state index contributed by atoms with van der Waals surface area (Å²) in [6.07, 6.45) is 7.17. The van der Waals surface area contributed by atoms with Crippen molar-refractivity contribution in [2.45, 2.75) is 6.92 Å². The van der Waals surface area contributed by atoms with Gasteiger partial charge in [0.25, 0.3) is 0 Å². The molecule has 1 rings (SSSR count). The predicted octanol–water partition coefficient (Wildman–Crippen LogP) is 2.23. The molecule has 2 heteroatoms. The zero-order chi connectivity index (χ0) is 8.81. The second-order valence-electron chi connectivity index (χ2n) is 2.55. The van der Waals surface area contributed by atoms with E-state index < -0.39 is 0 Å². The van der Waals surface area contributed by atoms with E-state index in [1.54, 1.807) is 6.26 Å². The van der Waals surface area contributed by atoms with E-state index in [1.807, 2.05) is 37.3 Å². The Morgan fingerprint density at radius 2 is 2.50 bits per heavy atom. The number of aliphatic hydroxyl groups is 1. The van der Waals surface area contributed by atoms with Crippen LogP contribution in [-0.2, 0) is 0 Å². The standard InChI is InChI=1S/C10H12O2/c1-9(8-11)4-2-5-10-6-3-7-12-10/h2-7,11H,8H2,1H3/b5-2+,9-4-. The Morgan fingerprint density at radius 1 is 1.67 bits per heavy atom. The van der Waals surface area contributed by atoms with Gasteiger partial charge >= 0.3 is 0 Å². The van der Waals surface area contributed by atoms with Crippen molar-refractivity contribution in [2.75, 3.05) is 6.61 Å². The van der Waals surface area contributed by atoms with Crippen LogP contribution in [0, 0.1) is 0 Å². The highest BCUT2D eigenvalue weighted by Crippen LogP contribution is 2.02. The summed E-state index contributed by atoms with van der Waals surface area (Å²) in [5, 5.41) is 8.67. The summed E-state index contributed by atoms with van der Waals surface area (Å²) in [5.41, 5.74) is 0.929. The summed E-state index contributed by atoms with van der Waals surface area (Å²) in [5.74, 6) is 0.817. The first-order valence-corrected chi connectivity index (χ1v) is 3.81. The minimum absolute atomic E-state index is 0.0997. The van der Waals surface area contributed by atoms with E-state index >= 15 is 0 Å². The van der Waals surface area contributed by atoms with E-state index in [1.165, 1.54) is 0 Å². The SMILES string of the molecule is C/C(=C/C=C/c1ccco1)CO. The van der Waals surface area contributed by atoms with Gasteiger partial charge in [0.05, 0.1) is 12.9 Å². The number of furan rings is 1. The van der Waals surface area contributed by atoms with Gasteiger partial charge < -0.3 is 9.52 Å². The zero-order valence-corrected chi connectivity index (χ0v) is 7.03. The molecule has 2 nitrogen and oxygen atoms in total. The highest BCUT2D eigenvalue weighted by atomic mass is 16.3. The first-order chi connectivity index (χ1) is 5.83. The molecule has 1 aromatic rings. The third-order valence-electron chi connectivity index (χ3n) is 1.43. The fourth-order valence-corrected chi connectivity index (χ4v) is 0.746. The monoisotopic (exact) mass is 164 g/mol. The number of hydrogen-bond acceptors (Lipinski definition) is 2. The van der Waals surface area contributed by atoms with Gasteiger partial charge in [-0.05, 0) is 30.7 Å². The zero-order valence-electron chi connectivity index (χ0n) is 7.03. The van der Waals surface area contributed by atoms with Crippen molar-refractivity contribution in [3.8, 4) is 0 Å². The first kappa shape index (κ1) is 8.81. The van der Waals surface area contributed by atoms with E-state index in [9.17, 15) is 0 Å². The molecule has 0 bridgehead atoms. The molecule has 0 saturated heterocycles. The molecule has 0 aliphatic carbocycles. The van der Waals surface area contributed by atoms with Crippen molar-refractivity contribution in [1.82, 2.24) is 0 Å². The molecule has 0 spiro atoms. The van der Waals surface area contributed by atoms with Crippen LogP contribution in [0.5, 0.6) is 0 Å².